The van der Waals surface area contributed by atoms with E-state index in [1.807, 2.05) is 0 Å². The smallest absolute Gasteiger partial charge is 0.0487 e. The van der Waals surface area contributed by atoms with Gasteiger partial charge in [-0.3, -0.25) is 0 Å². The highest BCUT2D eigenvalue weighted by atomic mass is 28.3. The monoisotopic (exact) mass is 367 g/mol. The largest absolute Gasteiger partial charge is 0.0654 e. The molecule has 0 aliphatic rings. The van der Waals surface area contributed by atoms with E-state index in [4.69, 9.17) is 0 Å². The summed E-state index contributed by atoms with van der Waals surface area (Å²) >= 11 is 0. The fourth-order valence-corrected chi connectivity index (χ4v) is 8.73. The van der Waals surface area contributed by atoms with Gasteiger partial charge in [-0.25, -0.2) is 0 Å². The second-order valence-electron chi connectivity index (χ2n) is 8.61. The Hall–Kier alpha value is 0.217. The van der Waals surface area contributed by atoms with E-state index in [1.165, 1.54) is 77.0 Å². The third-order valence-electron chi connectivity index (χ3n) is 6.36. The number of hydrogen-bond donors (Lipinski definition) is 0. The summed E-state index contributed by atoms with van der Waals surface area (Å²) in [5.74, 6) is 3.09. The van der Waals surface area contributed by atoms with Crippen molar-refractivity contribution in [2.45, 2.75) is 137 Å². The van der Waals surface area contributed by atoms with Crippen molar-refractivity contribution in [2.75, 3.05) is 0 Å². The summed E-state index contributed by atoms with van der Waals surface area (Å²) in [4.78, 5) is 0. The molecule has 0 aromatic carbocycles. The van der Waals surface area contributed by atoms with E-state index in [1.54, 1.807) is 18.1 Å². The molecule has 0 spiro atoms. The average molecular weight is 368 g/mol. The summed E-state index contributed by atoms with van der Waals surface area (Å²) < 4.78 is 0. The molecule has 0 amide bonds. The molecule has 0 aliphatic heterocycles. The molecule has 151 valence electrons. The quantitative estimate of drug-likeness (QED) is 0.212. The van der Waals surface area contributed by atoms with Crippen LogP contribution in [0.4, 0.5) is 0 Å². The van der Waals surface area contributed by atoms with Gasteiger partial charge < -0.3 is 0 Å². The van der Waals surface area contributed by atoms with Crippen LogP contribution in [0.15, 0.2) is 0 Å². The lowest BCUT2D eigenvalue weighted by molar-refractivity contribution is 0.453. The van der Waals surface area contributed by atoms with E-state index < -0.39 is 0 Å². The van der Waals surface area contributed by atoms with Crippen molar-refractivity contribution in [3.8, 4) is 0 Å². The zero-order chi connectivity index (χ0) is 18.9. The molecule has 0 saturated carbocycles. The minimum absolute atomic E-state index is 0.167. The maximum absolute atomic E-state index is 2.45. The highest BCUT2D eigenvalue weighted by molar-refractivity contribution is 6.59. The molecule has 3 atom stereocenters. The number of hydrogen-bond acceptors (Lipinski definition) is 0. The first kappa shape index (κ1) is 25.2. The van der Waals surface area contributed by atoms with Gasteiger partial charge >= 0.3 is 0 Å². The second-order valence-corrected chi connectivity index (χ2v) is 11.3. The molecule has 1 heteroatoms. The van der Waals surface area contributed by atoms with Crippen LogP contribution in [0.5, 0.6) is 0 Å². The highest BCUT2D eigenvalue weighted by Gasteiger charge is 2.23. The maximum Gasteiger partial charge on any atom is 0.0487 e. The van der Waals surface area contributed by atoms with Crippen LogP contribution < -0.4 is 0 Å². The minimum atomic E-state index is -0.167. The summed E-state index contributed by atoms with van der Waals surface area (Å²) in [5.41, 5.74) is 0. The van der Waals surface area contributed by atoms with Gasteiger partial charge in [0.15, 0.2) is 0 Å². The van der Waals surface area contributed by atoms with Gasteiger partial charge in [-0.15, -0.1) is 0 Å². The van der Waals surface area contributed by atoms with Crippen LogP contribution in [0.3, 0.4) is 0 Å². The first-order valence-electron chi connectivity index (χ1n) is 12.0. The molecule has 0 heterocycles. The molecule has 0 N–H and O–H groups in total. The maximum atomic E-state index is 2.45. The lowest BCUT2D eigenvalue weighted by Crippen LogP contribution is -2.24. The van der Waals surface area contributed by atoms with Crippen molar-refractivity contribution in [1.29, 1.82) is 0 Å². The first-order chi connectivity index (χ1) is 12.1. The van der Waals surface area contributed by atoms with Crippen LogP contribution in [-0.2, 0) is 0 Å². The van der Waals surface area contributed by atoms with E-state index in [0.29, 0.717) is 0 Å². The van der Waals surface area contributed by atoms with E-state index in [9.17, 15) is 0 Å². The van der Waals surface area contributed by atoms with Gasteiger partial charge in [-0.05, 0) is 17.8 Å². The van der Waals surface area contributed by atoms with Crippen LogP contribution in [0.25, 0.3) is 0 Å². The summed E-state index contributed by atoms with van der Waals surface area (Å²) in [6, 6.07) is 4.85. The van der Waals surface area contributed by atoms with Crippen molar-refractivity contribution >= 4 is 8.80 Å². The number of unbranched alkanes of at least 4 members (excludes halogenated alkanes) is 3. The van der Waals surface area contributed by atoms with Crippen LogP contribution in [0, 0.1) is 17.8 Å². The molecule has 0 fully saturated rings. The summed E-state index contributed by atoms with van der Waals surface area (Å²) in [5, 5.41) is 0. The Balaban J connectivity index is 4.80. The highest BCUT2D eigenvalue weighted by Crippen LogP contribution is 2.31. The van der Waals surface area contributed by atoms with Gasteiger partial charge in [0.1, 0.15) is 0 Å². The van der Waals surface area contributed by atoms with Crippen LogP contribution >= 0.6 is 0 Å². The Labute approximate surface area is 163 Å². The van der Waals surface area contributed by atoms with Gasteiger partial charge in [-0.1, -0.05) is 137 Å². The summed E-state index contributed by atoms with van der Waals surface area (Å²) in [7, 11) is -0.167. The standard InChI is InChI=1S/C24H51Si/c1-7-13-16-22(10-4)19-25(20-23(11-5)17-14-8-2)21-24(12-6)18-15-9-3/h22-24H,7-21H2,1-6H3. The molecule has 0 nitrogen and oxygen atoms in total. The molecule has 0 rings (SSSR count). The van der Waals surface area contributed by atoms with Crippen LogP contribution in [-0.4, -0.2) is 8.80 Å². The normalized spacial score (nSPS) is 15.5. The molecule has 1 radical (unpaired) electrons. The molecular formula is C24H51Si. The van der Waals surface area contributed by atoms with Crippen molar-refractivity contribution in [1.82, 2.24) is 0 Å². The van der Waals surface area contributed by atoms with Crippen molar-refractivity contribution < 1.29 is 0 Å². The minimum Gasteiger partial charge on any atom is -0.0654 e. The van der Waals surface area contributed by atoms with Gasteiger partial charge in [0.25, 0.3) is 0 Å². The van der Waals surface area contributed by atoms with Gasteiger partial charge in [0.2, 0.25) is 0 Å². The van der Waals surface area contributed by atoms with Crippen molar-refractivity contribution in [3.05, 3.63) is 0 Å². The molecule has 0 bridgehead atoms. The Morgan fingerprint density at radius 2 is 0.760 bits per heavy atom. The van der Waals surface area contributed by atoms with E-state index >= 15 is 0 Å². The van der Waals surface area contributed by atoms with E-state index in [-0.39, 0.29) is 8.80 Å². The molecule has 0 aromatic heterocycles. The third kappa shape index (κ3) is 13.1. The van der Waals surface area contributed by atoms with Gasteiger partial charge in [0.05, 0.1) is 0 Å². The Bertz CT molecular complexity index is 220. The Kier molecular flexibility index (Phi) is 17.8. The fourth-order valence-electron chi connectivity index (χ4n) is 4.30. The third-order valence-corrected chi connectivity index (χ3v) is 9.83. The first-order valence-corrected chi connectivity index (χ1v) is 14.1. The SMILES string of the molecule is CCCCC(CC)C[Si](CC(CC)CCCC)CC(CC)CCCC. The van der Waals surface area contributed by atoms with Gasteiger partial charge in [0, 0.05) is 8.80 Å². The molecule has 3 unspecified atom stereocenters. The molecule has 25 heavy (non-hydrogen) atoms. The molecule has 0 aliphatic carbocycles. The Morgan fingerprint density at radius 3 is 0.960 bits per heavy atom. The summed E-state index contributed by atoms with van der Waals surface area (Å²) in [6.07, 6.45) is 17.2. The second kappa shape index (κ2) is 17.6. The summed E-state index contributed by atoms with van der Waals surface area (Å²) in [6.45, 7) is 14.4. The lowest BCUT2D eigenvalue weighted by Gasteiger charge is -2.28. The van der Waals surface area contributed by atoms with E-state index in [0.717, 1.165) is 17.8 Å². The zero-order valence-electron chi connectivity index (χ0n) is 18.8. The lowest BCUT2D eigenvalue weighted by atomic mass is 10.0. The van der Waals surface area contributed by atoms with Gasteiger partial charge in [-0.2, -0.15) is 0 Å². The van der Waals surface area contributed by atoms with E-state index in [2.05, 4.69) is 41.5 Å². The average Bonchev–Trinajstić information content (AvgIpc) is 2.64. The zero-order valence-corrected chi connectivity index (χ0v) is 19.8. The van der Waals surface area contributed by atoms with Crippen molar-refractivity contribution in [3.63, 3.8) is 0 Å². The molecule has 0 saturated heterocycles. The predicted octanol–water partition coefficient (Wildman–Crippen LogP) is 9.13. The van der Waals surface area contributed by atoms with Crippen LogP contribution in [0.2, 0.25) is 18.1 Å². The number of rotatable bonds is 18. The topological polar surface area (TPSA) is 0 Å². The Morgan fingerprint density at radius 1 is 0.480 bits per heavy atom. The molecular weight excluding hydrogens is 316 g/mol. The fraction of sp³-hybridized carbons (Fsp3) is 1.00. The predicted molar refractivity (Wildman–Crippen MR) is 120 cm³/mol. The van der Waals surface area contributed by atoms with Crippen LogP contribution in [0.1, 0.15) is 119 Å². The van der Waals surface area contributed by atoms with Crippen molar-refractivity contribution in [2.24, 2.45) is 17.8 Å². The molecule has 0 aromatic rings.